The number of aryl methyl sites for hydroxylation is 1. The molecule has 3 heterocycles. The molecule has 2 aliphatic rings. The summed E-state index contributed by atoms with van der Waals surface area (Å²) in [5.41, 5.74) is 0.375. The van der Waals surface area contributed by atoms with Crippen LogP contribution in [-0.4, -0.2) is 70.5 Å². The molecule has 0 bridgehead atoms. The minimum absolute atomic E-state index is 0.00989. The largest absolute Gasteiger partial charge is 0.337 e. The van der Waals surface area contributed by atoms with Gasteiger partial charge in [0.25, 0.3) is 5.91 Å². The summed E-state index contributed by atoms with van der Waals surface area (Å²) in [7, 11) is -3.17. The summed E-state index contributed by atoms with van der Waals surface area (Å²) in [5, 5.41) is 8.01. The Balaban J connectivity index is 1.59. The predicted molar refractivity (Wildman–Crippen MR) is 89.0 cm³/mol. The van der Waals surface area contributed by atoms with Crippen LogP contribution in [0.2, 0.25) is 0 Å². The number of carbonyl (C=O) groups is 1. The van der Waals surface area contributed by atoms with E-state index in [1.807, 2.05) is 0 Å². The van der Waals surface area contributed by atoms with Gasteiger partial charge in [-0.3, -0.25) is 9.48 Å². The number of carbonyl (C=O) groups excluding carboxylic acids is 1. The van der Waals surface area contributed by atoms with Crippen LogP contribution < -0.4 is 0 Å². The van der Waals surface area contributed by atoms with E-state index in [1.165, 1.54) is 6.26 Å². The summed E-state index contributed by atoms with van der Waals surface area (Å²) >= 11 is 0. The number of rotatable bonds is 5. The maximum atomic E-state index is 12.3. The second-order valence-electron chi connectivity index (χ2n) is 6.68. The zero-order valence-electron chi connectivity index (χ0n) is 14.1. The molecule has 1 aromatic rings. The molecule has 1 amide bonds. The lowest BCUT2D eigenvalue weighted by molar-refractivity contribution is 0.0787. The molecule has 1 unspecified atom stereocenters. The third kappa shape index (κ3) is 3.94. The van der Waals surface area contributed by atoms with Gasteiger partial charge in [0.15, 0.2) is 5.69 Å². The summed E-state index contributed by atoms with van der Waals surface area (Å²) in [5.74, 6) is -0.0609. The Morgan fingerprint density at radius 3 is 2.62 bits per heavy atom. The van der Waals surface area contributed by atoms with Crippen LogP contribution in [0.3, 0.4) is 0 Å². The molecule has 0 aromatic carbocycles. The van der Waals surface area contributed by atoms with Gasteiger partial charge in [0.1, 0.15) is 0 Å². The minimum Gasteiger partial charge on any atom is -0.337 e. The highest BCUT2D eigenvalue weighted by atomic mass is 32.2. The SMILES string of the molecule is CS(=O)(=O)N1CCCCC1CCn1cc(C(=O)N2CCCC2)nn1. The van der Waals surface area contributed by atoms with Crippen LogP contribution in [0, 0.1) is 0 Å². The molecule has 0 N–H and O–H groups in total. The average Bonchev–Trinajstić information content (AvgIpc) is 3.23. The van der Waals surface area contributed by atoms with Gasteiger partial charge >= 0.3 is 0 Å². The normalized spacial score (nSPS) is 22.9. The molecule has 0 aliphatic carbocycles. The Kier molecular flexibility index (Phi) is 5.19. The van der Waals surface area contributed by atoms with E-state index >= 15 is 0 Å². The van der Waals surface area contributed by atoms with Crippen LogP contribution in [0.5, 0.6) is 0 Å². The standard InChI is InChI=1S/C15H25N5O3S/c1-24(22,23)20-10-3-2-6-13(20)7-11-19-12-14(16-17-19)15(21)18-8-4-5-9-18/h12-13H,2-11H2,1H3. The first kappa shape index (κ1) is 17.3. The first-order chi connectivity index (χ1) is 11.4. The van der Waals surface area contributed by atoms with Crippen molar-refractivity contribution in [1.29, 1.82) is 0 Å². The summed E-state index contributed by atoms with van der Waals surface area (Å²) in [6, 6.07) is 0.00989. The van der Waals surface area contributed by atoms with Crippen LogP contribution in [0.1, 0.15) is 49.0 Å². The number of amides is 1. The smallest absolute Gasteiger partial charge is 0.276 e. The molecule has 0 saturated carbocycles. The van der Waals surface area contributed by atoms with Crippen LogP contribution in [-0.2, 0) is 16.6 Å². The van der Waals surface area contributed by atoms with Gasteiger partial charge in [-0.25, -0.2) is 8.42 Å². The van der Waals surface area contributed by atoms with E-state index in [2.05, 4.69) is 10.3 Å². The summed E-state index contributed by atoms with van der Waals surface area (Å²) in [4.78, 5) is 14.1. The topological polar surface area (TPSA) is 88.4 Å². The first-order valence-corrected chi connectivity index (χ1v) is 10.5. The minimum atomic E-state index is -3.17. The number of hydrogen-bond acceptors (Lipinski definition) is 5. The first-order valence-electron chi connectivity index (χ1n) is 8.61. The summed E-state index contributed by atoms with van der Waals surface area (Å²) in [6.45, 7) is 2.74. The van der Waals surface area contributed by atoms with Crippen molar-refractivity contribution in [1.82, 2.24) is 24.2 Å². The van der Waals surface area contributed by atoms with Crippen LogP contribution in [0.25, 0.3) is 0 Å². The Hall–Kier alpha value is -1.48. The molecule has 0 radical (unpaired) electrons. The van der Waals surface area contributed by atoms with E-state index in [9.17, 15) is 13.2 Å². The van der Waals surface area contributed by atoms with Crippen molar-refractivity contribution in [2.45, 2.75) is 51.1 Å². The van der Waals surface area contributed by atoms with Crippen molar-refractivity contribution >= 4 is 15.9 Å². The number of likely N-dealkylation sites (tertiary alicyclic amines) is 1. The number of aromatic nitrogens is 3. The lowest BCUT2D eigenvalue weighted by atomic mass is 10.0. The molecule has 2 fully saturated rings. The van der Waals surface area contributed by atoms with E-state index in [4.69, 9.17) is 0 Å². The van der Waals surface area contributed by atoms with E-state index in [0.29, 0.717) is 25.2 Å². The lowest BCUT2D eigenvalue weighted by Gasteiger charge is -2.33. The van der Waals surface area contributed by atoms with E-state index in [-0.39, 0.29) is 11.9 Å². The van der Waals surface area contributed by atoms with Crippen molar-refractivity contribution in [3.05, 3.63) is 11.9 Å². The molecule has 3 rings (SSSR count). The van der Waals surface area contributed by atoms with Gasteiger partial charge in [-0.1, -0.05) is 11.6 Å². The summed E-state index contributed by atoms with van der Waals surface area (Å²) < 4.78 is 27.0. The zero-order valence-corrected chi connectivity index (χ0v) is 14.9. The molecule has 0 spiro atoms. The van der Waals surface area contributed by atoms with Crippen molar-refractivity contribution < 1.29 is 13.2 Å². The predicted octanol–water partition coefficient (Wildman–Crippen LogP) is 0.718. The van der Waals surface area contributed by atoms with Crippen LogP contribution in [0.4, 0.5) is 0 Å². The Morgan fingerprint density at radius 1 is 1.21 bits per heavy atom. The molecular formula is C15H25N5O3S. The van der Waals surface area contributed by atoms with Gasteiger partial charge < -0.3 is 4.90 Å². The second kappa shape index (κ2) is 7.18. The van der Waals surface area contributed by atoms with E-state index in [0.717, 1.165) is 45.2 Å². The monoisotopic (exact) mass is 355 g/mol. The second-order valence-corrected chi connectivity index (χ2v) is 8.61. The fourth-order valence-electron chi connectivity index (χ4n) is 3.57. The van der Waals surface area contributed by atoms with Crippen molar-refractivity contribution in [2.75, 3.05) is 25.9 Å². The molecule has 24 heavy (non-hydrogen) atoms. The summed E-state index contributed by atoms with van der Waals surface area (Å²) in [6.07, 6.45) is 8.57. The number of nitrogens with zero attached hydrogens (tertiary/aromatic N) is 5. The van der Waals surface area contributed by atoms with Gasteiger partial charge in [0, 0.05) is 32.2 Å². The zero-order chi connectivity index (χ0) is 17.2. The van der Waals surface area contributed by atoms with Gasteiger partial charge in [-0.15, -0.1) is 5.10 Å². The molecule has 134 valence electrons. The van der Waals surface area contributed by atoms with Gasteiger partial charge in [-0.05, 0) is 32.1 Å². The highest BCUT2D eigenvalue weighted by molar-refractivity contribution is 7.88. The number of hydrogen-bond donors (Lipinski definition) is 0. The number of sulfonamides is 1. The van der Waals surface area contributed by atoms with Crippen molar-refractivity contribution in [2.24, 2.45) is 0 Å². The van der Waals surface area contributed by atoms with E-state index in [1.54, 1.807) is 20.1 Å². The van der Waals surface area contributed by atoms with Crippen LogP contribution >= 0.6 is 0 Å². The Labute approximate surface area is 142 Å². The maximum Gasteiger partial charge on any atom is 0.276 e. The van der Waals surface area contributed by atoms with Gasteiger partial charge in [-0.2, -0.15) is 4.31 Å². The lowest BCUT2D eigenvalue weighted by Crippen LogP contribution is -2.43. The fourth-order valence-corrected chi connectivity index (χ4v) is 4.78. The molecule has 2 saturated heterocycles. The maximum absolute atomic E-state index is 12.3. The number of piperidine rings is 1. The quantitative estimate of drug-likeness (QED) is 0.776. The molecular weight excluding hydrogens is 330 g/mol. The third-order valence-electron chi connectivity index (χ3n) is 4.84. The third-order valence-corrected chi connectivity index (χ3v) is 6.17. The Bertz CT molecular complexity index is 681. The molecule has 8 nitrogen and oxygen atoms in total. The highest BCUT2D eigenvalue weighted by Crippen LogP contribution is 2.22. The highest BCUT2D eigenvalue weighted by Gasteiger charge is 2.29. The van der Waals surface area contributed by atoms with Gasteiger partial charge in [0.2, 0.25) is 10.0 Å². The van der Waals surface area contributed by atoms with E-state index < -0.39 is 10.0 Å². The van der Waals surface area contributed by atoms with Crippen LogP contribution in [0.15, 0.2) is 6.20 Å². The van der Waals surface area contributed by atoms with Crippen molar-refractivity contribution in [3.63, 3.8) is 0 Å². The average molecular weight is 355 g/mol. The molecule has 9 heteroatoms. The van der Waals surface area contributed by atoms with Gasteiger partial charge in [0.05, 0.1) is 12.5 Å². The van der Waals surface area contributed by atoms with Crippen molar-refractivity contribution in [3.8, 4) is 0 Å². The molecule has 1 atom stereocenters. The molecule has 2 aliphatic heterocycles. The fraction of sp³-hybridized carbons (Fsp3) is 0.800. The molecule has 1 aromatic heterocycles. The Morgan fingerprint density at radius 2 is 1.92 bits per heavy atom.